The number of benzene rings is 1. The van der Waals surface area contributed by atoms with Crippen LogP contribution in [0.1, 0.15) is 25.8 Å². The maximum Gasteiger partial charge on any atom is 0.123 e. The highest BCUT2D eigenvalue weighted by atomic mass is 127. The zero-order chi connectivity index (χ0) is 12.5. The molecule has 4 heteroatoms. The van der Waals surface area contributed by atoms with Gasteiger partial charge in [0.1, 0.15) is 5.82 Å². The van der Waals surface area contributed by atoms with Crippen LogP contribution < -0.4 is 0 Å². The van der Waals surface area contributed by atoms with Gasteiger partial charge >= 0.3 is 0 Å². The van der Waals surface area contributed by atoms with E-state index in [0.29, 0.717) is 11.5 Å². The highest BCUT2D eigenvalue weighted by Crippen LogP contribution is 2.40. The lowest BCUT2D eigenvalue weighted by atomic mass is 9.89. The Morgan fingerprint density at radius 1 is 1.41 bits per heavy atom. The summed E-state index contributed by atoms with van der Waals surface area (Å²) >= 11 is 2.35. The molecular formula is C13H17FINS. The minimum Gasteiger partial charge on any atom is -0.238 e. The summed E-state index contributed by atoms with van der Waals surface area (Å²) < 4.78 is 15.3. The van der Waals surface area contributed by atoms with Crippen LogP contribution in [0.5, 0.6) is 0 Å². The normalized spacial score (nSPS) is 24.1. The molecule has 1 unspecified atom stereocenters. The summed E-state index contributed by atoms with van der Waals surface area (Å²) in [7, 11) is 1.79. The Labute approximate surface area is 119 Å². The van der Waals surface area contributed by atoms with Gasteiger partial charge in [-0.05, 0) is 45.1 Å². The maximum atomic E-state index is 12.9. The van der Waals surface area contributed by atoms with E-state index in [1.54, 1.807) is 21.3 Å². The molecule has 1 fully saturated rings. The summed E-state index contributed by atoms with van der Waals surface area (Å²) in [6.07, 6.45) is 2.22. The van der Waals surface area contributed by atoms with E-state index in [1.807, 2.05) is 12.1 Å². The third kappa shape index (κ3) is 3.58. The Hall–Kier alpha value is 0.190. The van der Waals surface area contributed by atoms with Crippen LogP contribution in [0.15, 0.2) is 24.3 Å². The van der Waals surface area contributed by atoms with E-state index in [9.17, 15) is 4.39 Å². The van der Waals surface area contributed by atoms with E-state index >= 15 is 0 Å². The Kier molecular flexibility index (Phi) is 4.36. The smallest absolute Gasteiger partial charge is 0.123 e. The molecule has 0 radical (unpaired) electrons. The monoisotopic (exact) mass is 365 g/mol. The summed E-state index contributed by atoms with van der Waals surface area (Å²) in [5.41, 5.74) is 1.62. The minimum absolute atomic E-state index is 0.152. The van der Waals surface area contributed by atoms with Crippen LogP contribution >= 0.6 is 30.3 Å². The lowest BCUT2D eigenvalue weighted by Gasteiger charge is -2.20. The minimum atomic E-state index is -0.152. The molecule has 0 bridgehead atoms. The van der Waals surface area contributed by atoms with Gasteiger partial charge in [-0.15, -0.1) is 0 Å². The number of hydrogen-bond donors (Lipinski definition) is 0. The lowest BCUT2D eigenvalue weighted by molar-refractivity contribution is 0.390. The van der Waals surface area contributed by atoms with E-state index in [1.165, 1.54) is 12.0 Å². The third-order valence-corrected chi connectivity index (χ3v) is 5.37. The SMILES string of the molecule is CC1(C)CC(Cc2ccc(F)cc2)N(SI)C1. The van der Waals surface area contributed by atoms with Crippen LogP contribution in [0.25, 0.3) is 0 Å². The Morgan fingerprint density at radius 3 is 2.65 bits per heavy atom. The van der Waals surface area contributed by atoms with Crippen molar-refractivity contribution in [3.63, 3.8) is 0 Å². The molecule has 17 heavy (non-hydrogen) atoms. The molecule has 1 atom stereocenters. The molecule has 1 aromatic carbocycles. The van der Waals surface area contributed by atoms with Gasteiger partial charge in [0.05, 0.1) is 0 Å². The molecule has 94 valence electrons. The van der Waals surface area contributed by atoms with Crippen molar-refractivity contribution < 1.29 is 4.39 Å². The number of rotatable bonds is 3. The molecule has 1 heterocycles. The molecular weight excluding hydrogens is 348 g/mol. The fourth-order valence-corrected chi connectivity index (χ4v) is 4.55. The first-order valence-corrected chi connectivity index (χ1v) is 9.11. The molecule has 0 aliphatic carbocycles. The van der Waals surface area contributed by atoms with Crippen LogP contribution in [0.4, 0.5) is 4.39 Å². The van der Waals surface area contributed by atoms with Gasteiger partial charge in [-0.1, -0.05) is 26.0 Å². The van der Waals surface area contributed by atoms with Crippen molar-refractivity contribution in [2.45, 2.75) is 32.7 Å². The Morgan fingerprint density at radius 2 is 2.06 bits per heavy atom. The molecule has 0 amide bonds. The molecule has 1 nitrogen and oxygen atoms in total. The fraction of sp³-hybridized carbons (Fsp3) is 0.538. The van der Waals surface area contributed by atoms with Crippen LogP contribution in [0.2, 0.25) is 0 Å². The van der Waals surface area contributed by atoms with Crippen molar-refractivity contribution >= 4 is 30.3 Å². The van der Waals surface area contributed by atoms with Gasteiger partial charge in [-0.25, -0.2) is 8.70 Å². The summed E-state index contributed by atoms with van der Waals surface area (Å²) in [6, 6.07) is 7.47. The molecule has 0 N–H and O–H groups in total. The van der Waals surface area contributed by atoms with Gasteiger partial charge in [0.15, 0.2) is 0 Å². The van der Waals surface area contributed by atoms with Crippen molar-refractivity contribution in [1.29, 1.82) is 0 Å². The van der Waals surface area contributed by atoms with Crippen molar-refractivity contribution in [3.05, 3.63) is 35.6 Å². The third-order valence-electron chi connectivity index (χ3n) is 3.25. The van der Waals surface area contributed by atoms with E-state index in [0.717, 1.165) is 13.0 Å². The maximum absolute atomic E-state index is 12.9. The molecule has 0 spiro atoms. The first kappa shape index (κ1) is 13.6. The van der Waals surface area contributed by atoms with Gasteiger partial charge in [0.2, 0.25) is 0 Å². The molecule has 1 aliphatic rings. The number of nitrogens with zero attached hydrogens (tertiary/aromatic N) is 1. The predicted octanol–water partition coefficient (Wildman–Crippen LogP) is 4.47. The summed E-state index contributed by atoms with van der Waals surface area (Å²) in [6.45, 7) is 5.77. The van der Waals surface area contributed by atoms with Crippen molar-refractivity contribution in [2.24, 2.45) is 5.41 Å². The molecule has 1 aliphatic heterocycles. The van der Waals surface area contributed by atoms with Crippen molar-refractivity contribution in [1.82, 2.24) is 4.31 Å². The summed E-state index contributed by atoms with van der Waals surface area (Å²) in [5, 5.41) is 0. The van der Waals surface area contributed by atoms with Crippen molar-refractivity contribution in [2.75, 3.05) is 6.54 Å². The quantitative estimate of drug-likeness (QED) is 0.575. The van der Waals surface area contributed by atoms with E-state index in [2.05, 4.69) is 39.4 Å². The summed E-state index contributed by atoms with van der Waals surface area (Å²) in [5.74, 6) is -0.152. The molecule has 1 aromatic rings. The standard InChI is InChI=1S/C13H17FINS/c1-13(2)8-12(16(9-13)17-15)7-10-3-5-11(14)6-4-10/h3-6,12H,7-9H2,1-2H3. The Balaban J connectivity index is 2.05. The predicted molar refractivity (Wildman–Crippen MR) is 80.6 cm³/mol. The lowest BCUT2D eigenvalue weighted by Crippen LogP contribution is -2.23. The molecule has 1 saturated heterocycles. The van der Waals surface area contributed by atoms with E-state index < -0.39 is 0 Å². The first-order valence-electron chi connectivity index (χ1n) is 5.80. The van der Waals surface area contributed by atoms with Gasteiger partial charge in [0.25, 0.3) is 0 Å². The zero-order valence-electron chi connectivity index (χ0n) is 10.1. The molecule has 0 saturated carbocycles. The van der Waals surface area contributed by atoms with Gasteiger partial charge < -0.3 is 0 Å². The van der Waals surface area contributed by atoms with E-state index in [4.69, 9.17) is 0 Å². The Bertz CT molecular complexity index is 380. The highest BCUT2D eigenvalue weighted by molar-refractivity contribution is 14.2. The molecule has 2 rings (SSSR count). The van der Waals surface area contributed by atoms with Gasteiger partial charge in [-0.2, -0.15) is 0 Å². The second-order valence-corrected chi connectivity index (χ2v) is 7.29. The van der Waals surface area contributed by atoms with Crippen LogP contribution in [0, 0.1) is 11.2 Å². The second-order valence-electron chi connectivity index (χ2n) is 5.50. The average Bonchev–Trinajstić information content (AvgIpc) is 2.56. The van der Waals surface area contributed by atoms with Gasteiger partial charge in [0, 0.05) is 33.8 Å². The number of hydrogen-bond acceptors (Lipinski definition) is 2. The number of halogens is 2. The molecule has 0 aromatic heterocycles. The van der Waals surface area contributed by atoms with Crippen LogP contribution in [0.3, 0.4) is 0 Å². The van der Waals surface area contributed by atoms with Crippen LogP contribution in [-0.2, 0) is 6.42 Å². The van der Waals surface area contributed by atoms with Crippen LogP contribution in [-0.4, -0.2) is 16.9 Å². The fourth-order valence-electron chi connectivity index (χ4n) is 2.50. The highest BCUT2D eigenvalue weighted by Gasteiger charge is 2.37. The largest absolute Gasteiger partial charge is 0.238 e. The second kappa shape index (κ2) is 5.45. The average molecular weight is 365 g/mol. The topological polar surface area (TPSA) is 3.24 Å². The van der Waals surface area contributed by atoms with Gasteiger partial charge in [-0.3, -0.25) is 0 Å². The first-order chi connectivity index (χ1) is 8.00. The van der Waals surface area contributed by atoms with E-state index in [-0.39, 0.29) is 5.82 Å². The zero-order valence-corrected chi connectivity index (χ0v) is 13.1. The van der Waals surface area contributed by atoms with Crippen molar-refractivity contribution in [3.8, 4) is 0 Å². The summed E-state index contributed by atoms with van der Waals surface area (Å²) in [4.78, 5) is 0.